The fourth-order valence-corrected chi connectivity index (χ4v) is 1.33. The Hall–Kier alpha value is -1.91. The summed E-state index contributed by atoms with van der Waals surface area (Å²) in [7, 11) is 1.41. The number of rotatable bonds is 2. The lowest BCUT2D eigenvalue weighted by Gasteiger charge is -2.06. The van der Waals surface area contributed by atoms with Gasteiger partial charge in [-0.05, 0) is 12.1 Å². The lowest BCUT2D eigenvalue weighted by atomic mass is 10.1. The van der Waals surface area contributed by atoms with E-state index in [4.69, 9.17) is 19.3 Å². The Morgan fingerprint density at radius 3 is 2.93 bits per heavy atom. The highest BCUT2D eigenvalue weighted by molar-refractivity contribution is 5.95. The number of carboxylic acid groups (broad SMARTS) is 1. The average Bonchev–Trinajstić information content (AvgIpc) is 2.62. The van der Waals surface area contributed by atoms with E-state index in [1.165, 1.54) is 13.2 Å². The van der Waals surface area contributed by atoms with Crippen LogP contribution >= 0.6 is 0 Å². The Bertz CT molecular complexity index is 385. The molecule has 0 unspecified atom stereocenters. The molecule has 14 heavy (non-hydrogen) atoms. The average molecular weight is 196 g/mol. The molecule has 0 saturated carbocycles. The fraction of sp³-hybridized carbons (Fsp3) is 0.222. The lowest BCUT2D eigenvalue weighted by molar-refractivity contribution is 0.0688. The van der Waals surface area contributed by atoms with E-state index >= 15 is 0 Å². The number of hydrogen-bond acceptors (Lipinski definition) is 4. The first-order chi connectivity index (χ1) is 6.74. The van der Waals surface area contributed by atoms with Crippen molar-refractivity contribution < 1.29 is 24.1 Å². The van der Waals surface area contributed by atoms with Gasteiger partial charge in [0.15, 0.2) is 11.5 Å². The third-order valence-corrected chi connectivity index (χ3v) is 1.93. The van der Waals surface area contributed by atoms with Gasteiger partial charge in [-0.3, -0.25) is 0 Å². The molecule has 0 saturated heterocycles. The van der Waals surface area contributed by atoms with Crippen LogP contribution in [0.4, 0.5) is 0 Å². The number of carbonyl (C=O) groups is 1. The summed E-state index contributed by atoms with van der Waals surface area (Å²) < 4.78 is 15.0. The maximum absolute atomic E-state index is 10.9. The molecule has 5 nitrogen and oxygen atoms in total. The third-order valence-electron chi connectivity index (χ3n) is 1.93. The van der Waals surface area contributed by atoms with Crippen molar-refractivity contribution in [3.8, 4) is 17.2 Å². The largest absolute Gasteiger partial charge is 0.496 e. The van der Waals surface area contributed by atoms with Gasteiger partial charge in [-0.15, -0.1) is 0 Å². The second-order valence-electron chi connectivity index (χ2n) is 2.68. The molecule has 0 amide bonds. The Balaban J connectivity index is 2.62. The first kappa shape index (κ1) is 8.68. The minimum atomic E-state index is -1.09. The Kier molecular flexibility index (Phi) is 1.92. The van der Waals surface area contributed by atoms with E-state index in [2.05, 4.69) is 0 Å². The van der Waals surface area contributed by atoms with Crippen molar-refractivity contribution >= 4 is 5.97 Å². The third kappa shape index (κ3) is 1.14. The molecule has 2 rings (SSSR count). The van der Waals surface area contributed by atoms with Crippen LogP contribution < -0.4 is 14.2 Å². The van der Waals surface area contributed by atoms with E-state index in [-0.39, 0.29) is 23.9 Å². The standard InChI is InChI=1S/C9H8O5/c1-12-5-2-3-6-8(14-4-13-6)7(5)9(10)11/h2-3H,4H2,1H3,(H,10,11). The summed E-state index contributed by atoms with van der Waals surface area (Å²) in [5.74, 6) is -0.161. The highest BCUT2D eigenvalue weighted by Crippen LogP contribution is 2.40. The van der Waals surface area contributed by atoms with Crippen molar-refractivity contribution in [1.29, 1.82) is 0 Å². The van der Waals surface area contributed by atoms with Crippen LogP contribution in [0.15, 0.2) is 12.1 Å². The SMILES string of the molecule is COc1ccc2c(c1C(=O)O)OCO2. The molecular formula is C9H8O5. The number of methoxy groups -OCH3 is 1. The number of fused-ring (bicyclic) bond motifs is 1. The topological polar surface area (TPSA) is 65.0 Å². The van der Waals surface area contributed by atoms with E-state index in [1.54, 1.807) is 6.07 Å². The van der Waals surface area contributed by atoms with Crippen molar-refractivity contribution in [2.75, 3.05) is 13.9 Å². The maximum atomic E-state index is 10.9. The summed E-state index contributed by atoms with van der Waals surface area (Å²) in [6.45, 7) is 0.0444. The molecule has 0 spiro atoms. The molecule has 74 valence electrons. The first-order valence-corrected chi connectivity index (χ1v) is 3.94. The Labute approximate surface area is 79.8 Å². The van der Waals surface area contributed by atoms with Crippen LogP contribution in [0.3, 0.4) is 0 Å². The van der Waals surface area contributed by atoms with Crippen LogP contribution in [0, 0.1) is 0 Å². The van der Waals surface area contributed by atoms with E-state index in [1.807, 2.05) is 0 Å². The summed E-state index contributed by atoms with van der Waals surface area (Å²) in [5, 5.41) is 8.95. The van der Waals surface area contributed by atoms with Crippen molar-refractivity contribution in [3.63, 3.8) is 0 Å². The van der Waals surface area contributed by atoms with Crippen molar-refractivity contribution in [2.45, 2.75) is 0 Å². The van der Waals surface area contributed by atoms with Gasteiger partial charge < -0.3 is 19.3 Å². The molecule has 1 N–H and O–H groups in total. The fourth-order valence-electron chi connectivity index (χ4n) is 1.33. The minimum absolute atomic E-state index is 0.00231. The zero-order valence-corrected chi connectivity index (χ0v) is 7.44. The van der Waals surface area contributed by atoms with Gasteiger partial charge in [-0.1, -0.05) is 0 Å². The zero-order chi connectivity index (χ0) is 10.1. The molecular weight excluding hydrogens is 188 g/mol. The second kappa shape index (κ2) is 3.10. The molecule has 0 radical (unpaired) electrons. The molecule has 1 aliphatic rings. The first-order valence-electron chi connectivity index (χ1n) is 3.94. The van der Waals surface area contributed by atoms with Crippen LogP contribution in [-0.2, 0) is 0 Å². The molecule has 1 aliphatic heterocycles. The zero-order valence-electron chi connectivity index (χ0n) is 7.44. The molecule has 0 aromatic heterocycles. The highest BCUT2D eigenvalue weighted by Gasteiger charge is 2.25. The summed E-state index contributed by atoms with van der Waals surface area (Å²) in [6, 6.07) is 3.16. The molecule has 1 aromatic rings. The summed E-state index contributed by atoms with van der Waals surface area (Å²) in [4.78, 5) is 10.9. The quantitative estimate of drug-likeness (QED) is 0.767. The molecule has 0 bridgehead atoms. The Morgan fingerprint density at radius 2 is 2.29 bits per heavy atom. The molecule has 0 fully saturated rings. The molecule has 0 atom stereocenters. The molecule has 0 aliphatic carbocycles. The second-order valence-corrected chi connectivity index (χ2v) is 2.68. The van der Waals surface area contributed by atoms with Gasteiger partial charge in [0.2, 0.25) is 6.79 Å². The van der Waals surface area contributed by atoms with E-state index in [0.717, 1.165) is 0 Å². The predicted molar refractivity (Wildman–Crippen MR) is 46.1 cm³/mol. The smallest absolute Gasteiger partial charge is 0.343 e. The van der Waals surface area contributed by atoms with Crippen molar-refractivity contribution in [1.82, 2.24) is 0 Å². The van der Waals surface area contributed by atoms with Crippen molar-refractivity contribution in [2.24, 2.45) is 0 Å². The summed E-state index contributed by atoms with van der Waals surface area (Å²) >= 11 is 0. The number of benzene rings is 1. The van der Waals surface area contributed by atoms with Gasteiger partial charge in [0, 0.05) is 0 Å². The van der Waals surface area contributed by atoms with Gasteiger partial charge in [-0.2, -0.15) is 0 Å². The van der Waals surface area contributed by atoms with Crippen LogP contribution in [0.2, 0.25) is 0 Å². The lowest BCUT2D eigenvalue weighted by Crippen LogP contribution is -2.02. The minimum Gasteiger partial charge on any atom is -0.496 e. The van der Waals surface area contributed by atoms with Gasteiger partial charge in [0.1, 0.15) is 11.3 Å². The number of hydrogen-bond donors (Lipinski definition) is 1. The number of carboxylic acids is 1. The van der Waals surface area contributed by atoms with E-state index in [9.17, 15) is 4.79 Å². The van der Waals surface area contributed by atoms with Crippen LogP contribution in [0.1, 0.15) is 10.4 Å². The van der Waals surface area contributed by atoms with Gasteiger partial charge in [0.05, 0.1) is 7.11 Å². The molecule has 1 aromatic carbocycles. The number of ether oxygens (including phenoxy) is 3. The highest BCUT2D eigenvalue weighted by atomic mass is 16.7. The maximum Gasteiger partial charge on any atom is 0.343 e. The predicted octanol–water partition coefficient (Wildman–Crippen LogP) is 1.12. The van der Waals surface area contributed by atoms with E-state index in [0.29, 0.717) is 5.75 Å². The van der Waals surface area contributed by atoms with Gasteiger partial charge in [0.25, 0.3) is 0 Å². The molecule has 1 heterocycles. The van der Waals surface area contributed by atoms with Crippen molar-refractivity contribution in [3.05, 3.63) is 17.7 Å². The van der Waals surface area contributed by atoms with Crippen LogP contribution in [0.25, 0.3) is 0 Å². The molecule has 5 heteroatoms. The Morgan fingerprint density at radius 1 is 1.50 bits per heavy atom. The van der Waals surface area contributed by atoms with Crippen LogP contribution in [0.5, 0.6) is 17.2 Å². The van der Waals surface area contributed by atoms with Gasteiger partial charge >= 0.3 is 5.97 Å². The number of aromatic carboxylic acids is 1. The summed E-state index contributed by atoms with van der Waals surface area (Å²) in [5.41, 5.74) is 0.00231. The summed E-state index contributed by atoms with van der Waals surface area (Å²) in [6.07, 6.45) is 0. The normalized spacial score (nSPS) is 12.6. The monoisotopic (exact) mass is 196 g/mol. The van der Waals surface area contributed by atoms with Gasteiger partial charge in [-0.25, -0.2) is 4.79 Å². The van der Waals surface area contributed by atoms with Crippen LogP contribution in [-0.4, -0.2) is 25.0 Å². The van der Waals surface area contributed by atoms with E-state index < -0.39 is 5.97 Å².